The van der Waals surface area contributed by atoms with Crippen LogP contribution in [-0.2, 0) is 87.8 Å². The van der Waals surface area contributed by atoms with Crippen molar-refractivity contribution in [2.45, 2.75) is 269 Å². The molecule has 4 aliphatic rings. The van der Waals surface area contributed by atoms with Crippen molar-refractivity contribution in [3.05, 3.63) is 77.9 Å². The molecule has 4 heterocycles. The van der Waals surface area contributed by atoms with Gasteiger partial charge in [0.25, 0.3) is 17.7 Å². The quantitative estimate of drug-likeness (QED) is 0.0292. The summed E-state index contributed by atoms with van der Waals surface area (Å²) in [5.74, 6) is -10.7. The van der Waals surface area contributed by atoms with Gasteiger partial charge in [-0.2, -0.15) is 0 Å². The molecule has 122 heavy (non-hydrogen) atoms. The van der Waals surface area contributed by atoms with E-state index in [1.54, 1.807) is 91.6 Å². The van der Waals surface area contributed by atoms with E-state index in [1.807, 2.05) is 19.9 Å². The third kappa shape index (κ3) is 28.1. The summed E-state index contributed by atoms with van der Waals surface area (Å²) in [6.45, 7) is 16.9. The van der Waals surface area contributed by atoms with E-state index >= 15 is 0 Å². The number of rotatable bonds is 47. The maximum Gasteiger partial charge on any atom is 0.410 e. The second kappa shape index (κ2) is 48.3. The number of likely N-dealkylation sites (N-methyl/N-ethyl adjacent to an activating group) is 2. The molecule has 17 N–H and O–H groups in total. The largest absolute Gasteiger partial charge is 0.445 e. The third-order valence-corrected chi connectivity index (χ3v) is 22.7. The Hall–Kier alpha value is -9.84. The highest BCUT2D eigenvalue weighted by Crippen LogP contribution is 2.32. The number of aliphatic hydroxyl groups is 6. The Bertz CT molecular complexity index is 3880. The Morgan fingerprint density at radius 3 is 1.85 bits per heavy atom. The number of primary amides is 1. The zero-order chi connectivity index (χ0) is 90.7. The number of benzene rings is 2. The summed E-state index contributed by atoms with van der Waals surface area (Å²) in [7, 11) is 5.96. The van der Waals surface area contributed by atoms with Crippen molar-refractivity contribution < 1.29 is 121 Å². The van der Waals surface area contributed by atoms with Crippen LogP contribution in [0.2, 0.25) is 0 Å². The van der Waals surface area contributed by atoms with Gasteiger partial charge in [0, 0.05) is 78.6 Å². The number of hydrogen-bond acceptors (Lipinski definition) is 25. The molecule has 15 amide bonds. The molecule has 2 unspecified atom stereocenters. The van der Waals surface area contributed by atoms with E-state index in [-0.39, 0.29) is 75.2 Å². The van der Waals surface area contributed by atoms with E-state index in [2.05, 4.69) is 47.9 Å². The molecule has 39 heteroatoms. The lowest BCUT2D eigenvalue weighted by Gasteiger charge is -2.41. The second-order valence-electron chi connectivity index (χ2n) is 32.7. The van der Waals surface area contributed by atoms with Crippen LogP contribution in [0.5, 0.6) is 0 Å². The van der Waals surface area contributed by atoms with Crippen molar-refractivity contribution in [1.82, 2.24) is 62.1 Å². The minimum absolute atomic E-state index is 0.0264. The van der Waals surface area contributed by atoms with Crippen molar-refractivity contribution in [3.8, 4) is 0 Å². The Morgan fingerprint density at radius 2 is 1.26 bits per heavy atom. The van der Waals surface area contributed by atoms with Gasteiger partial charge in [-0.25, -0.2) is 9.59 Å². The standard InChI is InChI=1S/C83H128N14O25/c1-15-46(8)65(55(118-13)40-61(103)96-39-23-27-54(96)71(119-14)47(9)73(109)86-48(10)66(104)50-24-18-16-19-25-50)94(11)81(115)63(44(4)5)92-77(113)64(45(6)7)95(12)83(117)120-42-49-29-31-51(32-30-49)87-74(110)52(26-22-37-85-82(84)116)89-76(112)62(43(2)3)91-75(111)53(88-57(99)28-20-17-21-38-97-59(101)35-36-60(97)102)33-34-58(100)90-79-70(108)68(106)72(122-79)78(114)93-80-69(107)67(105)56(41-98)121-80/h16,18-19,24-25,29-32,35-36,43-48,52-56,62-72,79-80,98,104-108H,15,17,20-23,26-28,33-34,37-42H2,1-14H3,(H,86,109)(H,87,110)(H,88,99)(H,89,112)(H,90,100)(H,91,111)(H,92,113)(H,93,114)(H3,84,85,116)/t46-,47+,48+,52-,53-,54-,55+,56+,62-,63-,64-,65-,66+,67+,68-,69+,70+,71+,72-,79?,80?/m0/s1. The lowest BCUT2D eigenvalue weighted by Crippen LogP contribution is -2.60. The number of anilines is 1. The van der Waals surface area contributed by atoms with E-state index in [1.165, 1.54) is 50.4 Å². The molecule has 3 saturated heterocycles. The van der Waals surface area contributed by atoms with Gasteiger partial charge in [-0.1, -0.05) is 118 Å². The van der Waals surface area contributed by atoms with Crippen LogP contribution in [0.25, 0.3) is 0 Å². The Balaban J connectivity index is 1.07. The van der Waals surface area contributed by atoms with Crippen LogP contribution in [-0.4, -0.2) is 297 Å². The molecule has 2 aromatic carbocycles. The van der Waals surface area contributed by atoms with Gasteiger partial charge in [0.05, 0.1) is 55.4 Å². The highest BCUT2D eigenvalue weighted by Gasteiger charge is 2.51. The maximum atomic E-state index is 14.9. The van der Waals surface area contributed by atoms with Crippen LogP contribution >= 0.6 is 0 Å². The molecule has 6 rings (SSSR count). The summed E-state index contributed by atoms with van der Waals surface area (Å²) >= 11 is 0. The summed E-state index contributed by atoms with van der Waals surface area (Å²) in [5, 5.41) is 85.9. The molecule has 680 valence electrons. The number of urea groups is 1. The first kappa shape index (κ1) is 101. The van der Waals surface area contributed by atoms with Crippen molar-refractivity contribution in [2.24, 2.45) is 35.3 Å². The summed E-state index contributed by atoms with van der Waals surface area (Å²) in [6.07, 6.45) is -13.4. The highest BCUT2D eigenvalue weighted by atomic mass is 16.6. The SMILES string of the molecule is CC[C@H](C)[C@@H]([C@@H](CC(=O)N1CCC[C@H]1[C@H](OC)[C@@H](C)C(=O)N[C@H](C)[C@@H](O)c1ccccc1)OC)N(C)C(=O)[C@@H](NC(=O)[C@H](C(C)C)N(C)C(=O)OCc1ccc(NC(=O)[C@H](CCCNC(N)=O)NC(=O)[C@@H](NC(=O)[C@H](CCC(=O)NC2O[C@H](C(=O)NC3O[C@H](CO)[C@@H](O)[C@H]3O)[C@@H](O)[C@H]2O)NC(=O)CCCCCN2C(=O)C=CC2=O)C(C)C)cc1)C(C)C. The lowest BCUT2D eigenvalue weighted by molar-refractivity contribution is -0.148. The first-order valence-electron chi connectivity index (χ1n) is 41.7. The normalized spacial score (nSPS) is 22.4. The number of carbonyl (C=O) groups is 14. The average molecular weight is 1720 g/mol. The van der Waals surface area contributed by atoms with Crippen LogP contribution < -0.4 is 53.6 Å². The highest BCUT2D eigenvalue weighted by molar-refractivity contribution is 6.13. The molecule has 39 nitrogen and oxygen atoms in total. The first-order chi connectivity index (χ1) is 57.7. The van der Waals surface area contributed by atoms with Gasteiger partial charge < -0.3 is 118 Å². The minimum Gasteiger partial charge on any atom is -0.445 e. The zero-order valence-electron chi connectivity index (χ0n) is 72.0. The van der Waals surface area contributed by atoms with Crippen molar-refractivity contribution >= 4 is 88.7 Å². The van der Waals surface area contributed by atoms with Gasteiger partial charge in [-0.15, -0.1) is 0 Å². The maximum absolute atomic E-state index is 14.9. The number of unbranched alkanes of at least 4 members (excludes halogenated alkanes) is 2. The fourth-order valence-electron chi connectivity index (χ4n) is 15.4. The number of methoxy groups -OCH3 is 2. The number of hydrogen-bond donors (Lipinski definition) is 16. The smallest absolute Gasteiger partial charge is 0.410 e. The molecule has 3 fully saturated rings. The number of nitrogens with one attached hydrogen (secondary N) is 9. The fourth-order valence-corrected chi connectivity index (χ4v) is 15.4. The number of imide groups is 1. The molecule has 0 radical (unpaired) electrons. The zero-order valence-corrected chi connectivity index (χ0v) is 72.0. The van der Waals surface area contributed by atoms with Crippen LogP contribution in [0, 0.1) is 29.6 Å². The number of aliphatic hydroxyl groups excluding tert-OH is 6. The number of nitrogens with two attached hydrogens (primary N) is 1. The van der Waals surface area contributed by atoms with E-state index in [0.29, 0.717) is 49.8 Å². The number of carbonyl (C=O) groups excluding carboxylic acids is 14. The summed E-state index contributed by atoms with van der Waals surface area (Å²) in [4.78, 5) is 196. The summed E-state index contributed by atoms with van der Waals surface area (Å²) < 4.78 is 28.5. The molecular weight excluding hydrogens is 1590 g/mol. The van der Waals surface area contributed by atoms with Gasteiger partial charge >= 0.3 is 12.1 Å². The molecule has 21 atom stereocenters. The monoisotopic (exact) mass is 1720 g/mol. The average Bonchev–Trinajstić information content (AvgIpc) is 1.43. The molecule has 0 saturated carbocycles. The number of amides is 15. The van der Waals surface area contributed by atoms with Crippen molar-refractivity contribution in [1.29, 1.82) is 0 Å². The predicted octanol–water partition coefficient (Wildman–Crippen LogP) is -0.540. The van der Waals surface area contributed by atoms with Gasteiger partial charge in [0.15, 0.2) is 18.6 Å². The van der Waals surface area contributed by atoms with Crippen LogP contribution in [0.3, 0.4) is 0 Å². The number of nitrogens with zero attached hydrogens (tertiary/aromatic N) is 4. The first-order valence-corrected chi connectivity index (χ1v) is 41.7. The van der Waals surface area contributed by atoms with E-state index in [4.69, 9.17) is 29.4 Å². The van der Waals surface area contributed by atoms with E-state index in [9.17, 15) is 97.8 Å². The molecule has 2 aromatic rings. The third-order valence-electron chi connectivity index (χ3n) is 22.7. The van der Waals surface area contributed by atoms with Crippen LogP contribution in [0.4, 0.5) is 15.3 Å². The predicted molar refractivity (Wildman–Crippen MR) is 439 cm³/mol. The lowest BCUT2D eigenvalue weighted by atomic mass is 9.89. The van der Waals surface area contributed by atoms with E-state index in [0.717, 1.165) is 22.0 Å². The van der Waals surface area contributed by atoms with Gasteiger partial charge in [-0.05, 0) is 98.8 Å². The molecule has 4 aliphatic heterocycles. The Morgan fingerprint density at radius 1 is 0.639 bits per heavy atom. The van der Waals surface area contributed by atoms with Crippen LogP contribution in [0.15, 0.2) is 66.7 Å². The van der Waals surface area contributed by atoms with Gasteiger partial charge in [-0.3, -0.25) is 67.3 Å². The molecule has 0 aliphatic carbocycles. The minimum atomic E-state index is -1.96. The molecule has 0 aromatic heterocycles. The topological polar surface area (TPSA) is 554 Å². The number of likely N-dealkylation sites (tertiary alicyclic amines) is 1. The molecule has 0 spiro atoms. The summed E-state index contributed by atoms with van der Waals surface area (Å²) in [6, 6.07) is 5.77. The van der Waals surface area contributed by atoms with E-state index < -0.39 is 230 Å². The molecule has 0 bridgehead atoms. The van der Waals surface area contributed by atoms with Gasteiger partial charge in [0.1, 0.15) is 67.3 Å². The van der Waals surface area contributed by atoms with Crippen LogP contribution in [0.1, 0.15) is 164 Å². The Labute approximate surface area is 711 Å². The fraction of sp³-hybridized carbons (Fsp3) is 0.663. The number of ether oxygens (including phenoxy) is 5. The Kier molecular flexibility index (Phi) is 40.0. The summed E-state index contributed by atoms with van der Waals surface area (Å²) in [5.41, 5.74) is 6.60. The van der Waals surface area contributed by atoms with Crippen molar-refractivity contribution in [3.63, 3.8) is 0 Å². The second-order valence-corrected chi connectivity index (χ2v) is 32.7. The molecular formula is C83H128N14O25. The van der Waals surface area contributed by atoms with Crippen molar-refractivity contribution in [2.75, 3.05) is 59.9 Å². The van der Waals surface area contributed by atoms with Gasteiger partial charge in [0.2, 0.25) is 53.2 Å².